The zero-order valence-electron chi connectivity index (χ0n) is 11.0. The molecule has 1 atom stereocenters. The third-order valence-corrected chi connectivity index (χ3v) is 2.89. The summed E-state index contributed by atoms with van der Waals surface area (Å²) in [5.74, 6) is -0.0266. The predicted octanol–water partition coefficient (Wildman–Crippen LogP) is 1.55. The van der Waals surface area contributed by atoms with Gasteiger partial charge in [-0.15, -0.1) is 0 Å². The summed E-state index contributed by atoms with van der Waals surface area (Å²) in [5, 5.41) is 0. The molecule has 2 heterocycles. The first-order valence-corrected chi connectivity index (χ1v) is 6.00. The van der Waals surface area contributed by atoms with Gasteiger partial charge in [0.1, 0.15) is 6.26 Å². The van der Waals surface area contributed by atoms with Gasteiger partial charge < -0.3 is 18.8 Å². The zero-order chi connectivity index (χ0) is 13.2. The van der Waals surface area contributed by atoms with Crippen molar-refractivity contribution in [2.75, 3.05) is 26.8 Å². The van der Waals surface area contributed by atoms with E-state index in [2.05, 4.69) is 0 Å². The SMILES string of the molecule is COC[C@H]1CN(C(=O)c2ccoc2)CC(C)(C)O1. The molecule has 5 nitrogen and oxygen atoms in total. The molecule has 100 valence electrons. The van der Waals surface area contributed by atoms with Crippen molar-refractivity contribution in [1.29, 1.82) is 0 Å². The maximum atomic E-state index is 12.3. The van der Waals surface area contributed by atoms with Crippen LogP contribution in [-0.2, 0) is 9.47 Å². The molecule has 1 amide bonds. The fourth-order valence-electron chi connectivity index (χ4n) is 2.29. The van der Waals surface area contributed by atoms with Gasteiger partial charge >= 0.3 is 0 Å². The highest BCUT2D eigenvalue weighted by molar-refractivity contribution is 5.93. The zero-order valence-corrected chi connectivity index (χ0v) is 11.0. The molecule has 0 aromatic carbocycles. The average Bonchev–Trinajstić information content (AvgIpc) is 2.79. The van der Waals surface area contributed by atoms with Gasteiger partial charge in [0.25, 0.3) is 5.91 Å². The smallest absolute Gasteiger partial charge is 0.257 e. The van der Waals surface area contributed by atoms with Crippen molar-refractivity contribution in [3.05, 3.63) is 24.2 Å². The van der Waals surface area contributed by atoms with Gasteiger partial charge in [-0.1, -0.05) is 0 Å². The number of hydrogen-bond acceptors (Lipinski definition) is 4. The van der Waals surface area contributed by atoms with Gasteiger partial charge in [0.15, 0.2) is 0 Å². The van der Waals surface area contributed by atoms with Gasteiger partial charge in [0.05, 0.1) is 30.1 Å². The molecular weight excluding hydrogens is 234 g/mol. The Morgan fingerprint density at radius 3 is 3.00 bits per heavy atom. The Bertz CT molecular complexity index is 399. The van der Waals surface area contributed by atoms with Gasteiger partial charge in [0.2, 0.25) is 0 Å². The van der Waals surface area contributed by atoms with Gasteiger partial charge in [-0.25, -0.2) is 0 Å². The third-order valence-electron chi connectivity index (χ3n) is 2.89. The Balaban J connectivity index is 2.10. The highest BCUT2D eigenvalue weighted by atomic mass is 16.5. The molecule has 0 bridgehead atoms. The van der Waals surface area contributed by atoms with E-state index < -0.39 is 0 Å². The van der Waals surface area contributed by atoms with E-state index in [1.54, 1.807) is 18.1 Å². The molecule has 0 aliphatic carbocycles. The number of furan rings is 1. The number of ether oxygens (including phenoxy) is 2. The van der Waals surface area contributed by atoms with Crippen LogP contribution in [0.25, 0.3) is 0 Å². The minimum absolute atomic E-state index is 0.0266. The Kier molecular flexibility index (Phi) is 3.73. The molecule has 0 N–H and O–H groups in total. The van der Waals surface area contributed by atoms with E-state index in [1.165, 1.54) is 12.5 Å². The largest absolute Gasteiger partial charge is 0.472 e. The number of hydrogen-bond donors (Lipinski definition) is 0. The first-order chi connectivity index (χ1) is 8.52. The van der Waals surface area contributed by atoms with E-state index >= 15 is 0 Å². The summed E-state index contributed by atoms with van der Waals surface area (Å²) in [7, 11) is 1.63. The molecule has 5 heteroatoms. The van der Waals surface area contributed by atoms with Crippen molar-refractivity contribution >= 4 is 5.91 Å². The second-order valence-electron chi connectivity index (χ2n) is 5.15. The Labute approximate surface area is 107 Å². The van der Waals surface area contributed by atoms with Gasteiger partial charge in [-0.3, -0.25) is 4.79 Å². The van der Waals surface area contributed by atoms with Crippen LogP contribution in [0.3, 0.4) is 0 Å². The van der Waals surface area contributed by atoms with Crippen molar-refractivity contribution in [2.45, 2.75) is 25.6 Å². The molecular formula is C13H19NO4. The van der Waals surface area contributed by atoms with Crippen LogP contribution in [0.15, 0.2) is 23.0 Å². The third kappa shape index (κ3) is 2.91. The second kappa shape index (κ2) is 5.12. The maximum absolute atomic E-state index is 12.3. The Hall–Kier alpha value is -1.33. The molecule has 1 aliphatic rings. The van der Waals surface area contributed by atoms with Crippen LogP contribution >= 0.6 is 0 Å². The number of methoxy groups -OCH3 is 1. The average molecular weight is 253 g/mol. The minimum atomic E-state index is -0.360. The van der Waals surface area contributed by atoms with Crippen molar-refractivity contribution in [2.24, 2.45) is 0 Å². The molecule has 1 saturated heterocycles. The van der Waals surface area contributed by atoms with E-state index in [0.29, 0.717) is 25.3 Å². The molecule has 0 spiro atoms. The van der Waals surface area contributed by atoms with Crippen molar-refractivity contribution in [1.82, 2.24) is 4.90 Å². The standard InChI is InChI=1S/C13H19NO4/c1-13(2)9-14(6-11(18-13)8-16-3)12(15)10-4-5-17-7-10/h4-5,7,11H,6,8-9H2,1-3H3/t11-/m1/s1. The Morgan fingerprint density at radius 2 is 2.39 bits per heavy atom. The summed E-state index contributed by atoms with van der Waals surface area (Å²) in [4.78, 5) is 14.1. The first kappa shape index (κ1) is 13.1. The quantitative estimate of drug-likeness (QED) is 0.820. The molecule has 1 aromatic heterocycles. The highest BCUT2D eigenvalue weighted by Gasteiger charge is 2.36. The summed E-state index contributed by atoms with van der Waals surface area (Å²) in [6.45, 7) is 5.55. The van der Waals surface area contributed by atoms with Crippen LogP contribution in [0.2, 0.25) is 0 Å². The number of carbonyl (C=O) groups excluding carboxylic acids is 1. The van der Waals surface area contributed by atoms with Gasteiger partial charge in [0, 0.05) is 20.2 Å². The van der Waals surface area contributed by atoms with E-state index in [9.17, 15) is 4.79 Å². The van der Waals surface area contributed by atoms with Crippen LogP contribution in [0.5, 0.6) is 0 Å². The van der Waals surface area contributed by atoms with E-state index in [0.717, 1.165) is 0 Å². The molecule has 1 aliphatic heterocycles. The molecule has 0 saturated carbocycles. The molecule has 1 aromatic rings. The van der Waals surface area contributed by atoms with E-state index in [4.69, 9.17) is 13.9 Å². The number of amides is 1. The van der Waals surface area contributed by atoms with Crippen LogP contribution in [-0.4, -0.2) is 49.3 Å². The van der Waals surface area contributed by atoms with Crippen molar-refractivity contribution in [3.63, 3.8) is 0 Å². The number of nitrogens with zero attached hydrogens (tertiary/aromatic N) is 1. The fraction of sp³-hybridized carbons (Fsp3) is 0.615. The van der Waals surface area contributed by atoms with Crippen LogP contribution < -0.4 is 0 Å². The topological polar surface area (TPSA) is 51.9 Å². The highest BCUT2D eigenvalue weighted by Crippen LogP contribution is 2.22. The Morgan fingerprint density at radius 1 is 1.61 bits per heavy atom. The second-order valence-corrected chi connectivity index (χ2v) is 5.15. The van der Waals surface area contributed by atoms with Crippen LogP contribution in [0, 0.1) is 0 Å². The van der Waals surface area contributed by atoms with E-state index in [1.807, 2.05) is 13.8 Å². The minimum Gasteiger partial charge on any atom is -0.472 e. The lowest BCUT2D eigenvalue weighted by Gasteiger charge is -2.42. The number of carbonyl (C=O) groups is 1. The van der Waals surface area contributed by atoms with Crippen molar-refractivity contribution in [3.8, 4) is 0 Å². The van der Waals surface area contributed by atoms with Gasteiger partial charge in [-0.05, 0) is 19.9 Å². The fourth-order valence-corrected chi connectivity index (χ4v) is 2.29. The van der Waals surface area contributed by atoms with Crippen LogP contribution in [0.4, 0.5) is 0 Å². The molecule has 1 fully saturated rings. The summed E-state index contributed by atoms with van der Waals surface area (Å²) in [6, 6.07) is 1.68. The normalized spacial score (nSPS) is 23.1. The molecule has 0 radical (unpaired) electrons. The lowest BCUT2D eigenvalue weighted by Crippen LogP contribution is -2.55. The lowest BCUT2D eigenvalue weighted by atomic mass is 10.0. The molecule has 0 unspecified atom stereocenters. The van der Waals surface area contributed by atoms with Crippen LogP contribution in [0.1, 0.15) is 24.2 Å². The first-order valence-electron chi connectivity index (χ1n) is 6.00. The lowest BCUT2D eigenvalue weighted by molar-refractivity contribution is -0.143. The van der Waals surface area contributed by atoms with E-state index in [-0.39, 0.29) is 17.6 Å². The maximum Gasteiger partial charge on any atom is 0.257 e. The summed E-state index contributed by atoms with van der Waals surface area (Å²) in [6.07, 6.45) is 2.89. The van der Waals surface area contributed by atoms with Gasteiger partial charge in [-0.2, -0.15) is 0 Å². The summed E-state index contributed by atoms with van der Waals surface area (Å²) in [5.41, 5.74) is 0.213. The molecule has 2 rings (SSSR count). The van der Waals surface area contributed by atoms with Crippen molar-refractivity contribution < 1.29 is 18.7 Å². The summed E-state index contributed by atoms with van der Waals surface area (Å²) < 4.78 is 15.9. The summed E-state index contributed by atoms with van der Waals surface area (Å²) >= 11 is 0. The predicted molar refractivity (Wildman–Crippen MR) is 65.4 cm³/mol. The number of rotatable bonds is 3. The number of morpholine rings is 1. The monoisotopic (exact) mass is 253 g/mol. The molecule has 18 heavy (non-hydrogen) atoms.